The van der Waals surface area contributed by atoms with Gasteiger partial charge in [-0.1, -0.05) is 6.07 Å². The van der Waals surface area contributed by atoms with Crippen molar-refractivity contribution < 1.29 is 41.8 Å². The molecule has 1 saturated carbocycles. The first-order valence-corrected chi connectivity index (χ1v) is 17.7. The predicted molar refractivity (Wildman–Crippen MR) is 190 cm³/mol. The molecule has 13 nitrogen and oxygen atoms in total. The van der Waals surface area contributed by atoms with Gasteiger partial charge in [0.1, 0.15) is 17.9 Å². The van der Waals surface area contributed by atoms with Gasteiger partial charge in [-0.15, -0.1) is 0 Å². The van der Waals surface area contributed by atoms with Gasteiger partial charge in [0.25, 0.3) is 11.8 Å². The van der Waals surface area contributed by atoms with Crippen molar-refractivity contribution in [2.75, 3.05) is 51.8 Å². The third kappa shape index (κ3) is 11.2. The van der Waals surface area contributed by atoms with Crippen LogP contribution in [0.1, 0.15) is 90.1 Å². The van der Waals surface area contributed by atoms with E-state index in [1.807, 2.05) is 46.0 Å². The Hall–Kier alpha value is -4.70. The number of nitrogens with zero attached hydrogens (tertiary/aromatic N) is 5. The Balaban J connectivity index is 1.41. The highest BCUT2D eigenvalue weighted by molar-refractivity contribution is 6.07. The van der Waals surface area contributed by atoms with Crippen LogP contribution in [0.15, 0.2) is 42.7 Å². The standard InChI is InChI=1S/C37H48F3N7O6/c1-23-17-30(28(33(48)41-12-16-51-6)18-27(23)34(49)43-32-11-13-46(44-32)22-37(38,39)40)52-31(29-10-9-26(19-42-29)25-7-8-25)21-45-14-15-47(24(2)20-45)35(50)53-36(3,4)5/h9-11,13,17-19,24-25,31H,7-8,12,14-16,20-22H2,1-6H3,(H,41,48)(H,43,44,49)/t24-,31-/m1/s1. The monoisotopic (exact) mass is 743 g/mol. The lowest BCUT2D eigenvalue weighted by molar-refractivity contribution is -0.142. The van der Waals surface area contributed by atoms with Crippen LogP contribution in [0.3, 0.4) is 0 Å². The fourth-order valence-corrected chi connectivity index (χ4v) is 6.08. The number of carbonyl (C=O) groups is 3. The summed E-state index contributed by atoms with van der Waals surface area (Å²) in [5.74, 6) is -0.549. The average Bonchev–Trinajstić information content (AvgIpc) is 3.83. The van der Waals surface area contributed by atoms with E-state index in [4.69, 9.17) is 19.2 Å². The first-order chi connectivity index (χ1) is 25.0. The van der Waals surface area contributed by atoms with E-state index in [2.05, 4.69) is 20.6 Å². The lowest BCUT2D eigenvalue weighted by Crippen LogP contribution is -2.55. The molecule has 2 N–H and O–H groups in total. The number of hydrogen-bond donors (Lipinski definition) is 2. The van der Waals surface area contributed by atoms with Gasteiger partial charge in [0.15, 0.2) is 11.9 Å². The number of piperazine rings is 1. The minimum Gasteiger partial charge on any atom is -0.482 e. The van der Waals surface area contributed by atoms with Gasteiger partial charge in [0, 0.05) is 69.9 Å². The fraction of sp³-hybridized carbons (Fsp3) is 0.541. The maximum Gasteiger partial charge on any atom is 0.410 e. The van der Waals surface area contributed by atoms with Gasteiger partial charge in [0.2, 0.25) is 0 Å². The molecule has 2 aromatic heterocycles. The number of amides is 3. The largest absolute Gasteiger partial charge is 0.482 e. The average molecular weight is 744 g/mol. The molecule has 2 aliphatic rings. The van der Waals surface area contributed by atoms with Crippen LogP contribution >= 0.6 is 0 Å². The number of benzene rings is 1. The molecule has 3 amide bonds. The number of ether oxygens (including phenoxy) is 3. The van der Waals surface area contributed by atoms with E-state index in [9.17, 15) is 27.6 Å². The third-order valence-corrected chi connectivity index (χ3v) is 8.85. The molecule has 5 rings (SSSR count). The lowest BCUT2D eigenvalue weighted by atomic mass is 10.0. The zero-order chi connectivity index (χ0) is 38.5. The summed E-state index contributed by atoms with van der Waals surface area (Å²) < 4.78 is 56.7. The van der Waals surface area contributed by atoms with Gasteiger partial charge >= 0.3 is 12.3 Å². The van der Waals surface area contributed by atoms with E-state index in [0.717, 1.165) is 24.6 Å². The number of anilines is 1. The van der Waals surface area contributed by atoms with E-state index in [1.54, 1.807) is 17.9 Å². The highest BCUT2D eigenvalue weighted by atomic mass is 19.4. The van der Waals surface area contributed by atoms with Gasteiger partial charge in [0.05, 0.1) is 17.9 Å². The SMILES string of the molecule is COCCNC(=O)c1cc(C(=O)Nc2ccn(CC(F)(F)F)n2)c(C)cc1O[C@H](CN1CCN(C(=O)OC(C)(C)C)[C@H](C)C1)c1ccc(C2CC2)cn1. The quantitative estimate of drug-likeness (QED) is 0.211. The van der Waals surface area contributed by atoms with Crippen molar-refractivity contribution in [3.63, 3.8) is 0 Å². The number of aryl methyl sites for hydroxylation is 1. The molecule has 288 valence electrons. The molecule has 3 heterocycles. The molecule has 1 aliphatic carbocycles. The minimum atomic E-state index is -4.48. The zero-order valence-corrected chi connectivity index (χ0v) is 31.0. The Labute approximate surface area is 307 Å². The molecule has 1 aliphatic heterocycles. The van der Waals surface area contributed by atoms with Crippen molar-refractivity contribution in [1.82, 2.24) is 29.9 Å². The molecule has 2 atom stereocenters. The second-order valence-electron chi connectivity index (χ2n) is 14.6. The third-order valence-electron chi connectivity index (χ3n) is 8.85. The highest BCUT2D eigenvalue weighted by Gasteiger charge is 2.34. The van der Waals surface area contributed by atoms with Crippen molar-refractivity contribution in [1.29, 1.82) is 0 Å². The summed E-state index contributed by atoms with van der Waals surface area (Å²) in [4.78, 5) is 48.6. The number of methoxy groups -OCH3 is 1. The molecule has 0 radical (unpaired) electrons. The Morgan fingerprint density at radius 3 is 2.42 bits per heavy atom. The molecule has 1 saturated heterocycles. The maximum absolute atomic E-state index is 13.6. The van der Waals surface area contributed by atoms with Gasteiger partial charge < -0.3 is 29.7 Å². The molecule has 0 bridgehead atoms. The van der Waals surface area contributed by atoms with Crippen LogP contribution in [0.5, 0.6) is 5.75 Å². The molecule has 53 heavy (non-hydrogen) atoms. The lowest BCUT2D eigenvalue weighted by Gasteiger charge is -2.41. The predicted octanol–water partition coefficient (Wildman–Crippen LogP) is 5.72. The van der Waals surface area contributed by atoms with Crippen LogP contribution in [0.25, 0.3) is 0 Å². The van der Waals surface area contributed by atoms with Crippen molar-refractivity contribution in [2.24, 2.45) is 0 Å². The fourth-order valence-electron chi connectivity index (χ4n) is 6.08. The van der Waals surface area contributed by atoms with Crippen molar-refractivity contribution in [3.05, 3.63) is 70.7 Å². The van der Waals surface area contributed by atoms with Gasteiger partial charge in [-0.3, -0.25) is 24.2 Å². The van der Waals surface area contributed by atoms with Crippen LogP contribution in [0.2, 0.25) is 0 Å². The summed E-state index contributed by atoms with van der Waals surface area (Å²) >= 11 is 0. The molecular weight excluding hydrogens is 695 g/mol. The number of alkyl halides is 3. The summed E-state index contributed by atoms with van der Waals surface area (Å²) in [7, 11) is 1.51. The van der Waals surface area contributed by atoms with E-state index in [-0.39, 0.29) is 48.0 Å². The highest BCUT2D eigenvalue weighted by Crippen LogP contribution is 2.40. The van der Waals surface area contributed by atoms with Crippen LogP contribution in [0, 0.1) is 6.92 Å². The molecule has 3 aromatic rings. The topological polar surface area (TPSA) is 140 Å². The van der Waals surface area contributed by atoms with Crippen molar-refractivity contribution >= 4 is 23.7 Å². The van der Waals surface area contributed by atoms with Crippen LogP contribution in [-0.2, 0) is 16.0 Å². The molecule has 0 unspecified atom stereocenters. The Kier molecular flexibility index (Phi) is 12.3. The van der Waals surface area contributed by atoms with E-state index in [1.165, 1.54) is 19.2 Å². The second kappa shape index (κ2) is 16.5. The molecular formula is C37H48F3N7O6. The maximum atomic E-state index is 13.6. The number of carbonyl (C=O) groups excluding carboxylic acids is 3. The minimum absolute atomic E-state index is 0.0715. The van der Waals surface area contributed by atoms with E-state index < -0.39 is 36.2 Å². The summed E-state index contributed by atoms with van der Waals surface area (Å²) in [5.41, 5.74) is 1.82. The molecule has 1 aromatic carbocycles. The number of hydrogen-bond acceptors (Lipinski definition) is 9. The number of aromatic nitrogens is 3. The van der Waals surface area contributed by atoms with Gasteiger partial charge in [-0.25, -0.2) is 4.79 Å². The number of rotatable bonds is 13. The Bertz CT molecular complexity index is 1750. The normalized spacial score (nSPS) is 17.3. The van der Waals surface area contributed by atoms with Crippen LogP contribution < -0.4 is 15.4 Å². The molecule has 16 heteroatoms. The summed E-state index contributed by atoms with van der Waals surface area (Å²) in [6.45, 7) is 10.2. The second-order valence-corrected chi connectivity index (χ2v) is 14.6. The van der Waals surface area contributed by atoms with Gasteiger partial charge in [-0.05, 0) is 82.7 Å². The Morgan fingerprint density at radius 1 is 1.04 bits per heavy atom. The van der Waals surface area contributed by atoms with Crippen LogP contribution in [-0.4, -0.2) is 107 Å². The van der Waals surface area contributed by atoms with Gasteiger partial charge in [-0.2, -0.15) is 18.3 Å². The number of pyridine rings is 1. The molecule has 0 spiro atoms. The van der Waals surface area contributed by atoms with E-state index in [0.29, 0.717) is 48.0 Å². The summed E-state index contributed by atoms with van der Waals surface area (Å²) in [6, 6.07) is 8.09. The number of nitrogens with one attached hydrogen (secondary N) is 2. The molecule has 2 fully saturated rings. The summed E-state index contributed by atoms with van der Waals surface area (Å²) in [5, 5.41) is 9.12. The zero-order valence-electron chi connectivity index (χ0n) is 31.0. The first kappa shape index (κ1) is 39.5. The first-order valence-electron chi connectivity index (χ1n) is 17.7. The Morgan fingerprint density at radius 2 is 1.79 bits per heavy atom. The van der Waals surface area contributed by atoms with Crippen LogP contribution in [0.4, 0.5) is 23.8 Å². The van der Waals surface area contributed by atoms with E-state index >= 15 is 0 Å². The number of halogens is 3. The van der Waals surface area contributed by atoms with Crippen molar-refractivity contribution in [3.8, 4) is 5.75 Å². The smallest absolute Gasteiger partial charge is 0.410 e. The van der Waals surface area contributed by atoms with Crippen molar-refractivity contribution in [2.45, 2.75) is 83.8 Å². The summed E-state index contributed by atoms with van der Waals surface area (Å²) in [6.07, 6.45) is -0.276.